The molecule has 2 aliphatic rings. The van der Waals surface area contributed by atoms with Crippen LogP contribution < -0.4 is 10.6 Å². The first-order chi connectivity index (χ1) is 15.3. The van der Waals surface area contributed by atoms with Crippen LogP contribution in [0.1, 0.15) is 32.6 Å². The molecule has 1 aromatic carbocycles. The Morgan fingerprint density at radius 2 is 2.03 bits per heavy atom. The molecule has 3 N–H and O–H groups in total. The van der Waals surface area contributed by atoms with Crippen molar-refractivity contribution in [3.63, 3.8) is 0 Å². The largest absolute Gasteiger partial charge is 0.369 e. The van der Waals surface area contributed by atoms with Gasteiger partial charge >= 0.3 is 0 Å². The van der Waals surface area contributed by atoms with Crippen molar-refractivity contribution in [2.24, 2.45) is 5.92 Å². The van der Waals surface area contributed by atoms with Crippen LogP contribution in [0.5, 0.6) is 0 Å². The van der Waals surface area contributed by atoms with Crippen LogP contribution in [0, 0.1) is 5.92 Å². The van der Waals surface area contributed by atoms with E-state index in [9.17, 15) is 0 Å². The fourth-order valence-corrected chi connectivity index (χ4v) is 5.48. The van der Waals surface area contributed by atoms with Crippen molar-refractivity contribution in [2.75, 3.05) is 18.4 Å². The number of H-pyrrole nitrogens is 1. The minimum Gasteiger partial charge on any atom is -0.369 e. The highest BCUT2D eigenvalue weighted by Gasteiger charge is 2.30. The van der Waals surface area contributed by atoms with Gasteiger partial charge in [0.25, 0.3) is 0 Å². The molecule has 4 heterocycles. The molecule has 0 bridgehead atoms. The molecule has 160 valence electrons. The van der Waals surface area contributed by atoms with Crippen molar-refractivity contribution in [2.45, 2.75) is 38.6 Å². The summed E-state index contributed by atoms with van der Waals surface area (Å²) >= 11 is 1.61. The summed E-state index contributed by atoms with van der Waals surface area (Å²) in [6.45, 7) is 4.15. The van der Waals surface area contributed by atoms with Crippen molar-refractivity contribution >= 4 is 27.4 Å². The number of aromatic nitrogens is 5. The first kappa shape index (κ1) is 20.1. The summed E-state index contributed by atoms with van der Waals surface area (Å²) in [5.74, 6) is 1.85. The summed E-state index contributed by atoms with van der Waals surface area (Å²) in [5, 5.41) is 22.1. The molecule has 2 atom stereocenters. The van der Waals surface area contributed by atoms with Gasteiger partial charge in [-0.25, -0.2) is 4.98 Å². The molecule has 8 heteroatoms. The number of hydrogen-bond donors (Lipinski definition) is 3. The number of nitrogens with zero attached hydrogens (tertiary/aromatic N) is 4. The maximum atomic E-state index is 4.52. The molecule has 4 aromatic rings. The summed E-state index contributed by atoms with van der Waals surface area (Å²) in [4.78, 5) is 4.52. The van der Waals surface area contributed by atoms with Crippen molar-refractivity contribution < 1.29 is 0 Å². The maximum absolute atomic E-state index is 4.52. The molecule has 1 aliphatic heterocycles. The highest BCUT2D eigenvalue weighted by Crippen LogP contribution is 2.36. The zero-order valence-electron chi connectivity index (χ0n) is 17.6. The number of fused-ring (bicyclic) bond motifs is 2. The lowest BCUT2D eigenvalue weighted by Crippen LogP contribution is -2.21. The Morgan fingerprint density at radius 3 is 2.81 bits per heavy atom. The first-order valence-corrected chi connectivity index (χ1v) is 11.9. The van der Waals surface area contributed by atoms with Gasteiger partial charge in [0.15, 0.2) is 0 Å². The molecule has 2 unspecified atom stereocenters. The van der Waals surface area contributed by atoms with Gasteiger partial charge in [-0.2, -0.15) is 5.10 Å². The van der Waals surface area contributed by atoms with E-state index in [0.717, 1.165) is 56.9 Å². The van der Waals surface area contributed by atoms with Crippen LogP contribution in [0.25, 0.3) is 32.6 Å². The van der Waals surface area contributed by atoms with Crippen molar-refractivity contribution in [1.82, 2.24) is 30.7 Å². The van der Waals surface area contributed by atoms with E-state index in [1.54, 1.807) is 17.5 Å². The molecule has 1 saturated carbocycles. The number of rotatable bonds is 4. The predicted molar refractivity (Wildman–Crippen MR) is 126 cm³/mol. The van der Waals surface area contributed by atoms with Crippen LogP contribution in [0.15, 0.2) is 42.2 Å². The van der Waals surface area contributed by atoms with Gasteiger partial charge in [-0.3, -0.25) is 5.10 Å². The first-order valence-electron chi connectivity index (χ1n) is 11.0. The molecule has 31 heavy (non-hydrogen) atoms. The molecule has 2 fully saturated rings. The van der Waals surface area contributed by atoms with Gasteiger partial charge in [0.1, 0.15) is 5.82 Å². The van der Waals surface area contributed by atoms with Crippen LogP contribution in [0.3, 0.4) is 0 Å². The SMILES string of the molecule is C1CC2CCNC2C1.CCNc1ccc(-c2ccc(-c3cn[nH]c3)c3ncsc23)nn1. The summed E-state index contributed by atoms with van der Waals surface area (Å²) < 4.78 is 1.11. The molecule has 3 aromatic heterocycles. The van der Waals surface area contributed by atoms with Crippen LogP contribution in [-0.2, 0) is 0 Å². The van der Waals surface area contributed by atoms with Gasteiger partial charge in [-0.15, -0.1) is 21.5 Å². The third-order valence-electron chi connectivity index (χ3n) is 6.17. The van der Waals surface area contributed by atoms with E-state index < -0.39 is 0 Å². The van der Waals surface area contributed by atoms with Crippen LogP contribution in [-0.4, -0.2) is 44.5 Å². The number of benzene rings is 1. The maximum Gasteiger partial charge on any atom is 0.148 e. The minimum absolute atomic E-state index is 0.784. The number of hydrogen-bond acceptors (Lipinski definition) is 7. The molecular formula is C23H27N7S. The molecule has 0 amide bonds. The molecule has 1 saturated heterocycles. The lowest BCUT2D eigenvalue weighted by atomic mass is 10.0. The lowest BCUT2D eigenvalue weighted by molar-refractivity contribution is 0.518. The van der Waals surface area contributed by atoms with Crippen LogP contribution >= 0.6 is 11.3 Å². The smallest absolute Gasteiger partial charge is 0.148 e. The second-order valence-corrected chi connectivity index (χ2v) is 8.91. The lowest BCUT2D eigenvalue weighted by Gasteiger charge is -2.06. The molecule has 7 nitrogen and oxygen atoms in total. The molecule has 0 spiro atoms. The summed E-state index contributed by atoms with van der Waals surface area (Å²) in [6.07, 6.45) is 9.55. The van der Waals surface area contributed by atoms with Gasteiger partial charge in [0.2, 0.25) is 0 Å². The Labute approximate surface area is 185 Å². The van der Waals surface area contributed by atoms with E-state index in [-0.39, 0.29) is 0 Å². The Morgan fingerprint density at radius 1 is 1.10 bits per heavy atom. The monoisotopic (exact) mass is 433 g/mol. The fraction of sp³-hybridized carbons (Fsp3) is 0.391. The van der Waals surface area contributed by atoms with E-state index in [4.69, 9.17) is 0 Å². The van der Waals surface area contributed by atoms with Gasteiger partial charge < -0.3 is 10.6 Å². The predicted octanol–water partition coefficient (Wildman–Crippen LogP) is 4.72. The van der Waals surface area contributed by atoms with Crippen molar-refractivity contribution in [1.29, 1.82) is 0 Å². The zero-order valence-corrected chi connectivity index (χ0v) is 18.5. The van der Waals surface area contributed by atoms with Crippen LogP contribution in [0.2, 0.25) is 0 Å². The van der Waals surface area contributed by atoms with E-state index in [2.05, 4.69) is 48.1 Å². The third kappa shape index (κ3) is 4.18. The minimum atomic E-state index is 0.784. The van der Waals surface area contributed by atoms with Crippen molar-refractivity contribution in [3.05, 3.63) is 42.2 Å². The van der Waals surface area contributed by atoms with E-state index >= 15 is 0 Å². The van der Waals surface area contributed by atoms with Crippen molar-refractivity contribution in [3.8, 4) is 22.4 Å². The average molecular weight is 434 g/mol. The Hall–Kier alpha value is -2.84. The second-order valence-electron chi connectivity index (χ2n) is 8.05. The van der Waals surface area contributed by atoms with Crippen LogP contribution in [0.4, 0.5) is 5.82 Å². The Kier molecular flexibility index (Phi) is 5.90. The number of anilines is 1. The summed E-state index contributed by atoms with van der Waals surface area (Å²) in [7, 11) is 0. The van der Waals surface area contributed by atoms with E-state index in [1.165, 1.54) is 32.2 Å². The Balaban J connectivity index is 0.000000212. The summed E-state index contributed by atoms with van der Waals surface area (Å²) in [6, 6.07) is 8.98. The summed E-state index contributed by atoms with van der Waals surface area (Å²) in [5.41, 5.74) is 6.81. The average Bonchev–Trinajstić information content (AvgIpc) is 3.59. The highest BCUT2D eigenvalue weighted by molar-refractivity contribution is 7.17. The van der Waals surface area contributed by atoms with Gasteiger partial charge in [0.05, 0.1) is 27.6 Å². The standard InChI is InChI=1S/C16H14N6S.C7H13N/c1-2-17-14-6-5-13(21-22-14)12-4-3-11(10-7-19-20-8-10)15-16(12)23-9-18-15;1-2-6-4-5-8-7(6)3-1/h3-9H,2H2,1H3,(H,17,22)(H,19,20);6-8H,1-5H2. The fourth-order valence-electron chi connectivity index (χ4n) is 4.64. The second kappa shape index (κ2) is 9.11. The topological polar surface area (TPSA) is 91.4 Å². The van der Waals surface area contributed by atoms with E-state index in [0.29, 0.717) is 0 Å². The zero-order chi connectivity index (χ0) is 21.0. The third-order valence-corrected chi connectivity index (χ3v) is 7.03. The highest BCUT2D eigenvalue weighted by atomic mass is 32.1. The normalized spacial score (nSPS) is 19.8. The van der Waals surface area contributed by atoms with Gasteiger partial charge in [0, 0.05) is 35.5 Å². The van der Waals surface area contributed by atoms with Gasteiger partial charge in [-0.1, -0.05) is 18.6 Å². The molecule has 0 radical (unpaired) electrons. The quantitative estimate of drug-likeness (QED) is 0.431. The van der Waals surface area contributed by atoms with E-state index in [1.807, 2.05) is 30.8 Å². The Bertz CT molecular complexity index is 1100. The number of thiazole rings is 1. The molecule has 1 aliphatic carbocycles. The molecular weight excluding hydrogens is 406 g/mol. The molecule has 6 rings (SSSR count). The number of aromatic amines is 1. The number of nitrogens with one attached hydrogen (secondary N) is 3. The van der Waals surface area contributed by atoms with Gasteiger partial charge in [-0.05, 0) is 50.8 Å².